The molecule has 0 aliphatic carbocycles. The smallest absolute Gasteiger partial charge is 0.257 e. The van der Waals surface area contributed by atoms with Gasteiger partial charge in [0.05, 0.1) is 29.3 Å². The molecule has 0 radical (unpaired) electrons. The Morgan fingerprint density at radius 2 is 2.04 bits per heavy atom. The Kier molecular flexibility index (Phi) is 5.27. The van der Waals surface area contributed by atoms with Gasteiger partial charge < -0.3 is 20.1 Å². The van der Waals surface area contributed by atoms with Gasteiger partial charge in [-0.3, -0.25) is 4.79 Å². The number of morpholine rings is 1. The maximum Gasteiger partial charge on any atom is 0.257 e. The first-order valence-corrected chi connectivity index (χ1v) is 9.79. The lowest BCUT2D eigenvalue weighted by Crippen LogP contribution is -2.40. The molecule has 142 valence electrons. The van der Waals surface area contributed by atoms with Crippen molar-refractivity contribution in [3.05, 3.63) is 48.2 Å². The molecule has 1 amide bonds. The number of nitrogens with one attached hydrogen (secondary N) is 1. The molecule has 0 unspecified atom stereocenters. The second-order valence-electron chi connectivity index (χ2n) is 6.44. The van der Waals surface area contributed by atoms with Gasteiger partial charge in [-0.2, -0.15) is 0 Å². The highest BCUT2D eigenvalue weighted by molar-refractivity contribution is 7.23. The van der Waals surface area contributed by atoms with E-state index in [-0.39, 0.29) is 17.2 Å². The van der Waals surface area contributed by atoms with Crippen molar-refractivity contribution >= 4 is 41.5 Å². The molecular formula is C19H19BN4O3S. The molecule has 0 bridgehead atoms. The van der Waals surface area contributed by atoms with E-state index < -0.39 is 0 Å². The molecule has 1 aliphatic heterocycles. The zero-order chi connectivity index (χ0) is 19.5. The van der Waals surface area contributed by atoms with E-state index in [0.29, 0.717) is 37.9 Å². The number of rotatable bonds is 4. The van der Waals surface area contributed by atoms with Gasteiger partial charge in [0.1, 0.15) is 5.75 Å². The Labute approximate surface area is 167 Å². The molecule has 1 aromatic carbocycles. The SMILES string of the molecule is Bc1ccc(-c2ccnc(Nc3ccc(O)c(C(=O)N4CCOCC4)c3)n2)s1. The summed E-state index contributed by atoms with van der Waals surface area (Å²) in [6, 6.07) is 10.8. The third kappa shape index (κ3) is 4.00. The van der Waals surface area contributed by atoms with Crippen LogP contribution in [0.2, 0.25) is 0 Å². The van der Waals surface area contributed by atoms with Crippen molar-refractivity contribution < 1.29 is 14.6 Å². The zero-order valence-electron chi connectivity index (χ0n) is 15.4. The van der Waals surface area contributed by atoms with E-state index in [1.165, 1.54) is 10.8 Å². The van der Waals surface area contributed by atoms with Gasteiger partial charge in [0.25, 0.3) is 5.91 Å². The van der Waals surface area contributed by atoms with Crippen LogP contribution >= 0.6 is 11.3 Å². The van der Waals surface area contributed by atoms with Crippen molar-refractivity contribution in [1.82, 2.24) is 14.9 Å². The minimum absolute atomic E-state index is 0.0502. The fourth-order valence-corrected chi connectivity index (χ4v) is 3.82. The van der Waals surface area contributed by atoms with Gasteiger partial charge >= 0.3 is 0 Å². The van der Waals surface area contributed by atoms with Gasteiger partial charge in [-0.25, -0.2) is 9.97 Å². The lowest BCUT2D eigenvalue weighted by atomic mass is 10.1. The summed E-state index contributed by atoms with van der Waals surface area (Å²) < 4.78 is 6.50. The number of carbonyl (C=O) groups is 1. The molecule has 1 saturated heterocycles. The summed E-state index contributed by atoms with van der Waals surface area (Å²) in [4.78, 5) is 24.3. The molecule has 0 saturated carbocycles. The number of thiophene rings is 1. The van der Waals surface area contributed by atoms with Gasteiger partial charge in [0, 0.05) is 25.0 Å². The molecule has 1 aliphatic rings. The molecular weight excluding hydrogens is 375 g/mol. The molecule has 4 rings (SSSR count). The number of hydrogen-bond donors (Lipinski definition) is 2. The number of amides is 1. The third-order valence-corrected chi connectivity index (χ3v) is 5.45. The summed E-state index contributed by atoms with van der Waals surface area (Å²) in [6.07, 6.45) is 1.69. The van der Waals surface area contributed by atoms with Crippen LogP contribution in [0.4, 0.5) is 11.6 Å². The molecule has 2 N–H and O–H groups in total. The number of phenolic OH excluding ortho intramolecular Hbond substituents is 1. The number of aromatic nitrogens is 2. The minimum Gasteiger partial charge on any atom is -0.507 e. The maximum atomic E-state index is 12.7. The van der Waals surface area contributed by atoms with Crippen molar-refractivity contribution in [2.75, 3.05) is 31.6 Å². The average Bonchev–Trinajstić information content (AvgIpc) is 3.16. The van der Waals surface area contributed by atoms with Crippen LogP contribution in [0.3, 0.4) is 0 Å². The van der Waals surface area contributed by atoms with Gasteiger partial charge in [-0.05, 0) is 35.1 Å². The van der Waals surface area contributed by atoms with Gasteiger partial charge in [0.2, 0.25) is 5.95 Å². The number of ether oxygens (including phenoxy) is 1. The number of benzene rings is 1. The topological polar surface area (TPSA) is 87.6 Å². The summed E-state index contributed by atoms with van der Waals surface area (Å²) in [5.41, 5.74) is 1.71. The maximum absolute atomic E-state index is 12.7. The Bertz CT molecular complexity index is 1000. The normalized spacial score (nSPS) is 14.1. The van der Waals surface area contributed by atoms with E-state index in [1.54, 1.807) is 34.6 Å². The van der Waals surface area contributed by atoms with E-state index in [2.05, 4.69) is 29.2 Å². The van der Waals surface area contributed by atoms with E-state index in [9.17, 15) is 9.90 Å². The third-order valence-electron chi connectivity index (χ3n) is 4.43. The van der Waals surface area contributed by atoms with Crippen LogP contribution in [-0.4, -0.2) is 60.0 Å². The Morgan fingerprint density at radius 3 is 2.79 bits per heavy atom. The highest BCUT2D eigenvalue weighted by atomic mass is 32.1. The number of hydrogen-bond acceptors (Lipinski definition) is 7. The first-order chi connectivity index (χ1) is 13.6. The molecule has 9 heteroatoms. The molecule has 7 nitrogen and oxygen atoms in total. The van der Waals surface area contributed by atoms with Gasteiger partial charge in [0.15, 0.2) is 7.85 Å². The minimum atomic E-state index is -0.215. The first-order valence-electron chi connectivity index (χ1n) is 8.97. The monoisotopic (exact) mass is 394 g/mol. The molecule has 3 heterocycles. The predicted octanol–water partition coefficient (Wildman–Crippen LogP) is 1.39. The second-order valence-corrected chi connectivity index (χ2v) is 7.73. The Morgan fingerprint density at radius 1 is 1.21 bits per heavy atom. The van der Waals surface area contributed by atoms with Crippen molar-refractivity contribution in [2.24, 2.45) is 0 Å². The quantitative estimate of drug-likeness (QED) is 0.514. The lowest BCUT2D eigenvalue weighted by Gasteiger charge is -2.27. The second kappa shape index (κ2) is 7.99. The van der Waals surface area contributed by atoms with Crippen LogP contribution in [0.1, 0.15) is 10.4 Å². The summed E-state index contributed by atoms with van der Waals surface area (Å²) in [6.45, 7) is 2.04. The summed E-state index contributed by atoms with van der Waals surface area (Å²) in [5.74, 6) is 0.165. The Balaban J connectivity index is 1.56. The fraction of sp³-hybridized carbons (Fsp3) is 0.211. The van der Waals surface area contributed by atoms with Crippen LogP contribution in [-0.2, 0) is 4.74 Å². The Hall–Kier alpha value is -2.91. The number of nitrogens with zero attached hydrogens (tertiary/aromatic N) is 3. The number of aromatic hydroxyl groups is 1. The van der Waals surface area contributed by atoms with E-state index >= 15 is 0 Å². The number of anilines is 2. The van der Waals surface area contributed by atoms with Gasteiger partial charge in [-0.1, -0.05) is 6.07 Å². The van der Waals surface area contributed by atoms with Crippen molar-refractivity contribution in [1.29, 1.82) is 0 Å². The van der Waals surface area contributed by atoms with Crippen LogP contribution in [0.5, 0.6) is 5.75 Å². The molecule has 1 fully saturated rings. The standard InChI is InChI=1S/C19H19BN4O3S/c20-17-4-3-16(28-17)14-5-6-21-19(23-14)22-12-1-2-15(25)13(11-12)18(26)24-7-9-27-10-8-24/h1-6,11,25H,7-10,20H2,(H,21,22,23). The molecule has 0 atom stereocenters. The highest BCUT2D eigenvalue weighted by Crippen LogP contribution is 2.26. The van der Waals surface area contributed by atoms with Crippen LogP contribution in [0.25, 0.3) is 10.6 Å². The van der Waals surface area contributed by atoms with Crippen molar-refractivity contribution in [2.45, 2.75) is 0 Å². The number of carbonyl (C=O) groups excluding carboxylic acids is 1. The largest absolute Gasteiger partial charge is 0.507 e. The van der Waals surface area contributed by atoms with Crippen molar-refractivity contribution in [3.63, 3.8) is 0 Å². The molecule has 3 aromatic rings. The van der Waals surface area contributed by atoms with Crippen molar-refractivity contribution in [3.8, 4) is 16.3 Å². The van der Waals surface area contributed by atoms with E-state index in [4.69, 9.17) is 4.74 Å². The highest BCUT2D eigenvalue weighted by Gasteiger charge is 2.21. The average molecular weight is 394 g/mol. The molecule has 2 aromatic heterocycles. The van der Waals surface area contributed by atoms with E-state index in [0.717, 1.165) is 10.6 Å². The summed E-state index contributed by atoms with van der Waals surface area (Å²) in [5, 5.41) is 13.3. The molecule has 28 heavy (non-hydrogen) atoms. The number of phenols is 1. The predicted molar refractivity (Wildman–Crippen MR) is 112 cm³/mol. The van der Waals surface area contributed by atoms with Gasteiger partial charge in [-0.15, -0.1) is 11.3 Å². The van der Waals surface area contributed by atoms with E-state index in [1.807, 2.05) is 12.1 Å². The molecule has 0 spiro atoms. The van der Waals surface area contributed by atoms with Crippen LogP contribution in [0.15, 0.2) is 42.6 Å². The zero-order valence-corrected chi connectivity index (χ0v) is 16.2. The van der Waals surface area contributed by atoms with Crippen LogP contribution < -0.4 is 10.1 Å². The fourth-order valence-electron chi connectivity index (χ4n) is 2.98. The first kappa shape index (κ1) is 18.5. The lowest BCUT2D eigenvalue weighted by molar-refractivity contribution is 0.0301. The summed E-state index contributed by atoms with van der Waals surface area (Å²) >= 11 is 1.67. The summed E-state index contributed by atoms with van der Waals surface area (Å²) in [7, 11) is 2.05. The van der Waals surface area contributed by atoms with Crippen LogP contribution in [0, 0.1) is 0 Å².